The average molecular weight is 218 g/mol. The molecule has 1 aliphatic heterocycles. The molecule has 0 unspecified atom stereocenters. The summed E-state index contributed by atoms with van der Waals surface area (Å²) in [5.74, 6) is 1.98. The lowest BCUT2D eigenvalue weighted by atomic mass is 9.96. The number of aliphatic hydroxyl groups is 1. The van der Waals surface area contributed by atoms with Crippen LogP contribution in [0.3, 0.4) is 0 Å². The second-order valence-corrected chi connectivity index (χ2v) is 5.51. The summed E-state index contributed by atoms with van der Waals surface area (Å²) < 4.78 is 5.59. The molecule has 1 fully saturated rings. The van der Waals surface area contributed by atoms with Gasteiger partial charge in [-0.15, -0.1) is 0 Å². The van der Waals surface area contributed by atoms with Crippen molar-refractivity contribution in [3.05, 3.63) is 29.3 Å². The Morgan fingerprint density at radius 2 is 2.25 bits per heavy atom. The third-order valence-electron chi connectivity index (χ3n) is 4.36. The van der Waals surface area contributed by atoms with Crippen LogP contribution < -0.4 is 4.74 Å². The predicted octanol–water partition coefficient (Wildman–Crippen LogP) is 2.35. The van der Waals surface area contributed by atoms with Crippen LogP contribution >= 0.6 is 0 Å². The molecule has 1 heterocycles. The lowest BCUT2D eigenvalue weighted by Crippen LogP contribution is -1.94. The molecule has 2 atom stereocenters. The summed E-state index contributed by atoms with van der Waals surface area (Å²) >= 11 is 0. The van der Waals surface area contributed by atoms with Gasteiger partial charge in [-0.05, 0) is 28.9 Å². The Morgan fingerprint density at radius 3 is 2.94 bits per heavy atom. The lowest BCUT2D eigenvalue weighted by molar-refractivity contribution is 0.256. The molecular weight excluding hydrogens is 200 g/mol. The van der Waals surface area contributed by atoms with Crippen molar-refractivity contribution in [2.24, 2.45) is 11.3 Å². The minimum absolute atomic E-state index is 0.243. The van der Waals surface area contributed by atoms with Crippen LogP contribution in [0.2, 0.25) is 0 Å². The Bertz CT molecular complexity index is 423. The Balaban J connectivity index is 2.00. The first-order valence-electron chi connectivity index (χ1n) is 6.01. The van der Waals surface area contributed by atoms with Crippen molar-refractivity contribution in [2.45, 2.75) is 26.2 Å². The van der Waals surface area contributed by atoms with Crippen LogP contribution in [-0.2, 0) is 6.42 Å². The molecule has 0 radical (unpaired) electrons. The first-order valence-corrected chi connectivity index (χ1v) is 6.01. The number of hydrogen-bond acceptors (Lipinski definition) is 2. The minimum Gasteiger partial charge on any atom is -0.493 e. The maximum Gasteiger partial charge on any atom is 0.122 e. The Hall–Kier alpha value is -1.02. The van der Waals surface area contributed by atoms with Crippen molar-refractivity contribution in [3.63, 3.8) is 0 Å². The zero-order valence-electron chi connectivity index (χ0n) is 9.86. The molecule has 2 nitrogen and oxygen atoms in total. The summed E-state index contributed by atoms with van der Waals surface area (Å²) in [7, 11) is 0. The first kappa shape index (κ1) is 10.2. The fourth-order valence-electron chi connectivity index (χ4n) is 3.24. The topological polar surface area (TPSA) is 29.5 Å². The van der Waals surface area contributed by atoms with Crippen molar-refractivity contribution in [1.29, 1.82) is 0 Å². The van der Waals surface area contributed by atoms with E-state index < -0.39 is 0 Å². The van der Waals surface area contributed by atoms with Gasteiger partial charge in [0.1, 0.15) is 5.75 Å². The molecule has 0 bridgehead atoms. The van der Waals surface area contributed by atoms with Crippen LogP contribution in [0.5, 0.6) is 5.75 Å². The highest BCUT2D eigenvalue weighted by atomic mass is 16.5. The monoisotopic (exact) mass is 218 g/mol. The van der Waals surface area contributed by atoms with E-state index in [1.807, 2.05) is 0 Å². The Labute approximate surface area is 96.2 Å². The van der Waals surface area contributed by atoms with E-state index in [1.165, 1.54) is 11.1 Å². The van der Waals surface area contributed by atoms with Gasteiger partial charge in [0, 0.05) is 18.6 Å². The summed E-state index contributed by atoms with van der Waals surface area (Å²) in [4.78, 5) is 0. The zero-order valence-corrected chi connectivity index (χ0v) is 9.86. The van der Waals surface area contributed by atoms with Gasteiger partial charge in [-0.1, -0.05) is 26.0 Å². The molecule has 1 saturated carbocycles. The van der Waals surface area contributed by atoms with Gasteiger partial charge < -0.3 is 9.84 Å². The van der Waals surface area contributed by atoms with Gasteiger partial charge in [-0.2, -0.15) is 0 Å². The fourth-order valence-corrected chi connectivity index (χ4v) is 3.24. The van der Waals surface area contributed by atoms with Gasteiger partial charge in [-0.3, -0.25) is 0 Å². The lowest BCUT2D eigenvalue weighted by Gasteiger charge is -2.08. The number of benzene rings is 1. The van der Waals surface area contributed by atoms with Gasteiger partial charge in [0.15, 0.2) is 0 Å². The summed E-state index contributed by atoms with van der Waals surface area (Å²) in [5.41, 5.74) is 3.02. The molecular formula is C14H18O2. The quantitative estimate of drug-likeness (QED) is 0.825. The van der Waals surface area contributed by atoms with Gasteiger partial charge in [0.2, 0.25) is 0 Å². The van der Waals surface area contributed by atoms with Crippen molar-refractivity contribution in [2.75, 3.05) is 13.2 Å². The van der Waals surface area contributed by atoms with Crippen LogP contribution in [0.4, 0.5) is 0 Å². The van der Waals surface area contributed by atoms with E-state index >= 15 is 0 Å². The van der Waals surface area contributed by atoms with Crippen molar-refractivity contribution in [3.8, 4) is 5.75 Å². The van der Waals surface area contributed by atoms with Crippen LogP contribution in [0.25, 0.3) is 0 Å². The van der Waals surface area contributed by atoms with Gasteiger partial charge in [0.25, 0.3) is 0 Å². The first-order chi connectivity index (χ1) is 7.66. The summed E-state index contributed by atoms with van der Waals surface area (Å²) in [6.45, 7) is 5.59. The molecule has 1 aromatic carbocycles. The molecule has 0 aromatic heterocycles. The number of rotatable bonds is 2. The van der Waals surface area contributed by atoms with Gasteiger partial charge in [-0.25, -0.2) is 0 Å². The average Bonchev–Trinajstić information content (AvgIpc) is 2.65. The fraction of sp³-hybridized carbons (Fsp3) is 0.571. The molecule has 0 saturated heterocycles. The van der Waals surface area contributed by atoms with E-state index in [0.29, 0.717) is 18.4 Å². The predicted molar refractivity (Wildman–Crippen MR) is 62.7 cm³/mol. The number of aliphatic hydroxyl groups excluding tert-OH is 1. The smallest absolute Gasteiger partial charge is 0.122 e. The van der Waals surface area contributed by atoms with E-state index in [0.717, 1.165) is 18.8 Å². The largest absolute Gasteiger partial charge is 0.493 e. The van der Waals surface area contributed by atoms with Crippen LogP contribution in [-0.4, -0.2) is 18.3 Å². The number of ether oxygens (including phenoxy) is 1. The normalized spacial score (nSPS) is 29.7. The van der Waals surface area contributed by atoms with Crippen molar-refractivity contribution in [1.82, 2.24) is 0 Å². The Morgan fingerprint density at radius 1 is 1.44 bits per heavy atom. The van der Waals surface area contributed by atoms with Crippen molar-refractivity contribution >= 4 is 0 Å². The molecule has 0 spiro atoms. The molecule has 3 rings (SSSR count). The number of fused-ring (bicyclic) bond motifs is 1. The molecule has 2 aliphatic rings. The minimum atomic E-state index is 0.243. The Kier molecular flexibility index (Phi) is 2.05. The summed E-state index contributed by atoms with van der Waals surface area (Å²) in [6.07, 6.45) is 1.02. The van der Waals surface area contributed by atoms with E-state index in [2.05, 4.69) is 32.0 Å². The zero-order chi connectivity index (χ0) is 11.3. The molecule has 86 valence electrons. The highest BCUT2D eigenvalue weighted by Crippen LogP contribution is 2.65. The van der Waals surface area contributed by atoms with E-state index in [4.69, 9.17) is 4.74 Å². The van der Waals surface area contributed by atoms with Crippen molar-refractivity contribution < 1.29 is 9.84 Å². The highest BCUT2D eigenvalue weighted by molar-refractivity contribution is 5.48. The molecule has 1 aromatic rings. The second kappa shape index (κ2) is 3.24. The van der Waals surface area contributed by atoms with Crippen LogP contribution in [0.1, 0.15) is 30.9 Å². The summed E-state index contributed by atoms with van der Waals surface area (Å²) in [5, 5.41) is 9.39. The van der Waals surface area contributed by atoms with E-state index in [-0.39, 0.29) is 5.41 Å². The van der Waals surface area contributed by atoms with Crippen LogP contribution in [0, 0.1) is 11.3 Å². The maximum atomic E-state index is 9.39. The van der Waals surface area contributed by atoms with E-state index in [1.54, 1.807) is 0 Å². The van der Waals surface area contributed by atoms with Crippen LogP contribution in [0.15, 0.2) is 18.2 Å². The standard InChI is InChI=1S/C14H18O2/c1-14(2)11(8-15)13(14)10-4-3-5-12-9(10)6-7-16-12/h3-5,11,13,15H,6-8H2,1-2H3/t11-,13-/m1/s1. The molecule has 0 amide bonds. The third kappa shape index (κ3) is 1.23. The highest BCUT2D eigenvalue weighted by Gasteiger charge is 2.58. The second-order valence-electron chi connectivity index (χ2n) is 5.51. The molecule has 2 heteroatoms. The molecule has 1 aliphatic carbocycles. The van der Waals surface area contributed by atoms with Gasteiger partial charge in [0.05, 0.1) is 6.61 Å². The maximum absolute atomic E-state index is 9.39. The van der Waals surface area contributed by atoms with Gasteiger partial charge >= 0.3 is 0 Å². The third-order valence-corrected chi connectivity index (χ3v) is 4.36. The molecule has 16 heavy (non-hydrogen) atoms. The van der Waals surface area contributed by atoms with E-state index in [9.17, 15) is 5.11 Å². The SMILES string of the molecule is CC1(C)[C@H](CO)[C@H]1c1cccc2c1CCO2. The molecule has 1 N–H and O–H groups in total. The summed E-state index contributed by atoms with van der Waals surface area (Å²) in [6, 6.07) is 6.33. The number of hydrogen-bond donors (Lipinski definition) is 1.